The van der Waals surface area contributed by atoms with Crippen LogP contribution in [0.4, 0.5) is 0 Å². The summed E-state index contributed by atoms with van der Waals surface area (Å²) in [7, 11) is 0. The Morgan fingerprint density at radius 2 is 1.65 bits per heavy atom. The molecule has 1 heterocycles. The van der Waals surface area contributed by atoms with E-state index in [1.165, 1.54) is 37.7 Å². The zero-order chi connectivity index (χ0) is 13.5. The number of pyridine rings is 1. The van der Waals surface area contributed by atoms with Gasteiger partial charge in [0.25, 0.3) is 0 Å². The Bertz CT molecular complexity index is 488. The molecule has 4 bridgehead atoms. The lowest BCUT2D eigenvalue weighted by molar-refractivity contribution is -0.0473. The summed E-state index contributed by atoms with van der Waals surface area (Å²) in [4.78, 5) is 4.14. The van der Waals surface area contributed by atoms with Crippen molar-refractivity contribution in [3.63, 3.8) is 0 Å². The molecule has 0 N–H and O–H groups in total. The second kappa shape index (κ2) is 4.88. The molecule has 0 amide bonds. The summed E-state index contributed by atoms with van der Waals surface area (Å²) in [5.41, 5.74) is 1.35. The fourth-order valence-electron chi connectivity index (χ4n) is 5.81. The second-order valence-electron chi connectivity index (χ2n) is 7.26. The van der Waals surface area contributed by atoms with E-state index in [0.717, 1.165) is 29.6 Å². The Labute approximate surface area is 121 Å². The molecule has 20 heavy (non-hydrogen) atoms. The number of rotatable bonds is 3. The van der Waals surface area contributed by atoms with Gasteiger partial charge in [0, 0.05) is 24.7 Å². The molecule has 1 unspecified atom stereocenters. The molecular formula is C18H22N2. The molecule has 0 aliphatic heterocycles. The Morgan fingerprint density at radius 1 is 1.05 bits per heavy atom. The summed E-state index contributed by atoms with van der Waals surface area (Å²) in [6.07, 6.45) is 11.7. The van der Waals surface area contributed by atoms with Crippen molar-refractivity contribution in [1.29, 1.82) is 5.26 Å². The highest BCUT2D eigenvalue weighted by Crippen LogP contribution is 2.60. The first kappa shape index (κ1) is 12.4. The van der Waals surface area contributed by atoms with E-state index in [1.54, 1.807) is 0 Å². The van der Waals surface area contributed by atoms with Gasteiger partial charge >= 0.3 is 0 Å². The van der Waals surface area contributed by atoms with Gasteiger partial charge in [0.2, 0.25) is 0 Å². The van der Waals surface area contributed by atoms with Crippen LogP contribution in [0.15, 0.2) is 24.5 Å². The van der Waals surface area contributed by atoms with Crippen molar-refractivity contribution >= 4 is 0 Å². The van der Waals surface area contributed by atoms with Crippen LogP contribution in [0.1, 0.15) is 50.0 Å². The van der Waals surface area contributed by atoms with Crippen molar-refractivity contribution in [2.24, 2.45) is 29.6 Å². The van der Waals surface area contributed by atoms with Gasteiger partial charge in [-0.05, 0) is 79.4 Å². The standard InChI is InChI=1S/C18H22N2/c19-4-1-17(14-2-5-20-6-3-14)18-15-8-12-7-13(10-15)11-16(18)9-12/h2-3,5-6,12-13,15-18H,1,7-11H2. The maximum absolute atomic E-state index is 9.29. The van der Waals surface area contributed by atoms with Gasteiger partial charge in [-0.2, -0.15) is 5.26 Å². The fraction of sp³-hybridized carbons (Fsp3) is 0.667. The van der Waals surface area contributed by atoms with Crippen molar-refractivity contribution in [3.05, 3.63) is 30.1 Å². The van der Waals surface area contributed by atoms with Crippen LogP contribution in [0.2, 0.25) is 0 Å². The van der Waals surface area contributed by atoms with Gasteiger partial charge in [-0.1, -0.05) is 0 Å². The molecule has 0 saturated heterocycles. The van der Waals surface area contributed by atoms with Crippen LogP contribution in [0.5, 0.6) is 0 Å². The highest BCUT2D eigenvalue weighted by molar-refractivity contribution is 5.20. The van der Waals surface area contributed by atoms with Crippen LogP contribution < -0.4 is 0 Å². The highest BCUT2D eigenvalue weighted by Gasteiger charge is 2.50. The van der Waals surface area contributed by atoms with Crippen molar-refractivity contribution in [3.8, 4) is 6.07 Å². The minimum atomic E-state index is 0.443. The number of nitriles is 1. The van der Waals surface area contributed by atoms with E-state index in [4.69, 9.17) is 0 Å². The third-order valence-electron chi connectivity index (χ3n) is 6.21. The molecule has 2 heteroatoms. The second-order valence-corrected chi connectivity index (χ2v) is 7.26. The predicted molar refractivity (Wildman–Crippen MR) is 77.7 cm³/mol. The summed E-state index contributed by atoms with van der Waals surface area (Å²) in [5.74, 6) is 4.99. The van der Waals surface area contributed by atoms with Gasteiger partial charge in [-0.25, -0.2) is 0 Å². The molecule has 4 aliphatic rings. The first-order valence-corrected chi connectivity index (χ1v) is 8.12. The lowest BCUT2D eigenvalue weighted by atomic mass is 9.49. The van der Waals surface area contributed by atoms with Gasteiger partial charge in [-0.15, -0.1) is 0 Å². The van der Waals surface area contributed by atoms with Gasteiger partial charge in [0.05, 0.1) is 6.07 Å². The fourth-order valence-corrected chi connectivity index (χ4v) is 5.81. The number of hydrogen-bond acceptors (Lipinski definition) is 2. The van der Waals surface area contributed by atoms with Crippen molar-refractivity contribution in [1.82, 2.24) is 4.98 Å². The monoisotopic (exact) mass is 266 g/mol. The normalized spacial score (nSPS) is 39.5. The maximum Gasteiger partial charge on any atom is 0.0628 e. The summed E-state index contributed by atoms with van der Waals surface area (Å²) in [6, 6.07) is 6.72. The minimum Gasteiger partial charge on any atom is -0.265 e. The SMILES string of the molecule is N#CCC(c1ccncc1)C1C2CC3CC(C2)CC1C3. The van der Waals surface area contributed by atoms with Gasteiger partial charge in [0.1, 0.15) is 0 Å². The third kappa shape index (κ3) is 1.95. The topological polar surface area (TPSA) is 36.7 Å². The van der Waals surface area contributed by atoms with Crippen LogP contribution in [0.3, 0.4) is 0 Å². The van der Waals surface area contributed by atoms with E-state index in [1.807, 2.05) is 12.4 Å². The summed E-state index contributed by atoms with van der Waals surface area (Å²) >= 11 is 0. The lowest BCUT2D eigenvalue weighted by Crippen LogP contribution is -2.47. The maximum atomic E-state index is 9.29. The van der Waals surface area contributed by atoms with Crippen molar-refractivity contribution < 1.29 is 0 Å². The van der Waals surface area contributed by atoms with E-state index in [-0.39, 0.29) is 0 Å². The van der Waals surface area contributed by atoms with Crippen LogP contribution in [-0.2, 0) is 0 Å². The third-order valence-corrected chi connectivity index (χ3v) is 6.21. The van der Waals surface area contributed by atoms with E-state index in [2.05, 4.69) is 23.2 Å². The molecule has 104 valence electrons. The molecule has 1 aromatic heterocycles. The Balaban J connectivity index is 1.65. The van der Waals surface area contributed by atoms with Crippen LogP contribution in [0, 0.1) is 40.9 Å². The summed E-state index contributed by atoms with van der Waals surface area (Å²) < 4.78 is 0. The molecule has 0 spiro atoms. The summed E-state index contributed by atoms with van der Waals surface area (Å²) in [6.45, 7) is 0. The zero-order valence-corrected chi connectivity index (χ0v) is 11.9. The molecule has 0 aromatic carbocycles. The largest absolute Gasteiger partial charge is 0.265 e. The van der Waals surface area contributed by atoms with Crippen LogP contribution in [0.25, 0.3) is 0 Å². The molecule has 4 aliphatic carbocycles. The molecule has 0 radical (unpaired) electrons. The molecule has 1 aromatic rings. The molecule has 4 fully saturated rings. The molecular weight excluding hydrogens is 244 g/mol. The first-order chi connectivity index (χ1) is 9.85. The van der Waals surface area contributed by atoms with Crippen molar-refractivity contribution in [2.75, 3.05) is 0 Å². The Morgan fingerprint density at radius 3 is 2.20 bits per heavy atom. The summed E-state index contributed by atoms with van der Waals surface area (Å²) in [5, 5.41) is 9.29. The van der Waals surface area contributed by atoms with E-state index in [0.29, 0.717) is 12.3 Å². The predicted octanol–water partition coefficient (Wildman–Crippen LogP) is 4.15. The number of hydrogen-bond donors (Lipinski definition) is 0. The van der Waals surface area contributed by atoms with E-state index in [9.17, 15) is 5.26 Å². The number of aromatic nitrogens is 1. The highest BCUT2D eigenvalue weighted by atomic mass is 14.6. The molecule has 5 rings (SSSR count). The van der Waals surface area contributed by atoms with Gasteiger partial charge < -0.3 is 0 Å². The average Bonchev–Trinajstić information content (AvgIpc) is 2.46. The number of nitrogens with zero attached hydrogens (tertiary/aromatic N) is 2. The smallest absolute Gasteiger partial charge is 0.0628 e. The van der Waals surface area contributed by atoms with Crippen LogP contribution in [-0.4, -0.2) is 4.98 Å². The molecule has 2 nitrogen and oxygen atoms in total. The molecule has 4 saturated carbocycles. The average molecular weight is 266 g/mol. The van der Waals surface area contributed by atoms with Crippen LogP contribution >= 0.6 is 0 Å². The van der Waals surface area contributed by atoms with E-state index >= 15 is 0 Å². The van der Waals surface area contributed by atoms with Gasteiger partial charge in [0.15, 0.2) is 0 Å². The Hall–Kier alpha value is -1.36. The van der Waals surface area contributed by atoms with Gasteiger partial charge in [-0.3, -0.25) is 4.98 Å². The quantitative estimate of drug-likeness (QED) is 0.824. The molecule has 1 atom stereocenters. The first-order valence-electron chi connectivity index (χ1n) is 8.12. The van der Waals surface area contributed by atoms with E-state index < -0.39 is 0 Å². The minimum absolute atomic E-state index is 0.443. The zero-order valence-electron chi connectivity index (χ0n) is 11.9. The van der Waals surface area contributed by atoms with Crippen molar-refractivity contribution in [2.45, 2.75) is 44.4 Å². The Kier molecular flexibility index (Phi) is 3.02. The lowest BCUT2D eigenvalue weighted by Gasteiger charge is -2.56.